The molecule has 0 saturated heterocycles. The minimum atomic E-state index is -0.703. The van der Waals surface area contributed by atoms with Crippen molar-refractivity contribution in [1.82, 2.24) is 0 Å². The van der Waals surface area contributed by atoms with Gasteiger partial charge in [0.1, 0.15) is 0 Å². The van der Waals surface area contributed by atoms with E-state index >= 15 is 0 Å². The Bertz CT molecular complexity index is 358. The second-order valence-electron chi connectivity index (χ2n) is 4.40. The Morgan fingerprint density at radius 2 is 2.13 bits per heavy atom. The van der Waals surface area contributed by atoms with E-state index in [2.05, 4.69) is 6.92 Å². The Kier molecular flexibility index (Phi) is 3.03. The fourth-order valence-corrected chi connectivity index (χ4v) is 2.49. The molecule has 15 heavy (non-hydrogen) atoms. The van der Waals surface area contributed by atoms with Crippen molar-refractivity contribution in [3.63, 3.8) is 0 Å². The van der Waals surface area contributed by atoms with Gasteiger partial charge in [0.2, 0.25) is 0 Å². The Morgan fingerprint density at radius 3 is 2.87 bits per heavy atom. The van der Waals surface area contributed by atoms with E-state index in [4.69, 9.17) is 0 Å². The van der Waals surface area contributed by atoms with Gasteiger partial charge in [-0.1, -0.05) is 25.8 Å². The highest BCUT2D eigenvalue weighted by atomic mass is 19.2. The third-order valence-electron chi connectivity index (χ3n) is 3.30. The molecule has 0 bridgehead atoms. The first kappa shape index (κ1) is 10.6. The fraction of sp³-hybridized carbons (Fsp3) is 0.538. The first-order valence-electron chi connectivity index (χ1n) is 5.68. The lowest BCUT2D eigenvalue weighted by molar-refractivity contribution is 0.402. The molecule has 1 unspecified atom stereocenters. The number of fused-ring (bicyclic) bond motifs is 1. The zero-order valence-electron chi connectivity index (χ0n) is 9.02. The van der Waals surface area contributed by atoms with Crippen molar-refractivity contribution in [3.8, 4) is 0 Å². The predicted octanol–water partition coefficient (Wildman–Crippen LogP) is 3.87. The highest BCUT2D eigenvalue weighted by molar-refractivity contribution is 5.32. The van der Waals surface area contributed by atoms with Gasteiger partial charge in [0.05, 0.1) is 0 Å². The van der Waals surface area contributed by atoms with Gasteiger partial charge in [-0.2, -0.15) is 0 Å². The van der Waals surface area contributed by atoms with Gasteiger partial charge in [0.15, 0.2) is 11.6 Å². The molecular formula is C13H16F2. The first-order valence-corrected chi connectivity index (χ1v) is 5.68. The monoisotopic (exact) mass is 210 g/mol. The van der Waals surface area contributed by atoms with Crippen molar-refractivity contribution in [1.29, 1.82) is 0 Å². The van der Waals surface area contributed by atoms with Crippen LogP contribution >= 0.6 is 0 Å². The third kappa shape index (κ3) is 2.04. The average Bonchev–Trinajstić information content (AvgIpc) is 2.25. The second-order valence-corrected chi connectivity index (χ2v) is 4.40. The third-order valence-corrected chi connectivity index (χ3v) is 3.30. The molecule has 0 aromatic heterocycles. The van der Waals surface area contributed by atoms with Crippen LogP contribution in [0.3, 0.4) is 0 Å². The maximum absolute atomic E-state index is 13.5. The molecule has 1 aromatic rings. The van der Waals surface area contributed by atoms with Crippen molar-refractivity contribution in [2.45, 2.75) is 39.0 Å². The molecule has 0 fully saturated rings. The average molecular weight is 210 g/mol. The smallest absolute Gasteiger partial charge is 0.162 e. The number of hydrogen-bond acceptors (Lipinski definition) is 0. The van der Waals surface area contributed by atoms with E-state index in [1.807, 2.05) is 0 Å². The van der Waals surface area contributed by atoms with Crippen LogP contribution < -0.4 is 0 Å². The summed E-state index contributed by atoms with van der Waals surface area (Å²) in [6.07, 6.45) is 4.97. The zero-order valence-corrected chi connectivity index (χ0v) is 9.02. The predicted molar refractivity (Wildman–Crippen MR) is 56.8 cm³/mol. The van der Waals surface area contributed by atoms with Gasteiger partial charge in [-0.25, -0.2) is 8.78 Å². The normalized spacial score (nSPS) is 20.1. The summed E-state index contributed by atoms with van der Waals surface area (Å²) in [5, 5.41) is 0. The maximum atomic E-state index is 13.5. The molecule has 1 atom stereocenters. The van der Waals surface area contributed by atoms with E-state index < -0.39 is 11.6 Å². The minimum absolute atomic E-state index is 0.541. The summed E-state index contributed by atoms with van der Waals surface area (Å²) < 4.78 is 26.6. The Morgan fingerprint density at radius 1 is 1.33 bits per heavy atom. The van der Waals surface area contributed by atoms with Gasteiger partial charge in [0.25, 0.3) is 0 Å². The van der Waals surface area contributed by atoms with Crippen LogP contribution in [-0.2, 0) is 12.8 Å². The zero-order chi connectivity index (χ0) is 10.8. The minimum Gasteiger partial charge on any atom is -0.204 e. The number of rotatable bonds is 2. The second kappa shape index (κ2) is 4.30. The maximum Gasteiger partial charge on any atom is 0.162 e. The lowest BCUT2D eigenvalue weighted by Crippen LogP contribution is -2.16. The lowest BCUT2D eigenvalue weighted by atomic mass is 9.81. The summed E-state index contributed by atoms with van der Waals surface area (Å²) >= 11 is 0. The molecule has 0 spiro atoms. The molecule has 0 radical (unpaired) electrons. The number of aryl methyl sites for hydroxylation is 1. The number of benzene rings is 1. The summed E-state index contributed by atoms with van der Waals surface area (Å²) in [5.41, 5.74) is 1.63. The van der Waals surface area contributed by atoms with Crippen molar-refractivity contribution in [3.05, 3.63) is 34.9 Å². The summed E-state index contributed by atoms with van der Waals surface area (Å²) in [5.74, 6) is -0.780. The molecule has 1 aliphatic rings. The summed E-state index contributed by atoms with van der Waals surface area (Å²) in [6.45, 7) is 2.14. The Labute approximate surface area is 89.3 Å². The van der Waals surface area contributed by atoms with Crippen LogP contribution in [0.4, 0.5) is 8.78 Å². The molecule has 82 valence electrons. The van der Waals surface area contributed by atoms with Crippen LogP contribution in [0.1, 0.15) is 37.3 Å². The van der Waals surface area contributed by atoms with Crippen LogP contribution in [0.5, 0.6) is 0 Å². The number of hydrogen-bond donors (Lipinski definition) is 0. The van der Waals surface area contributed by atoms with Crippen molar-refractivity contribution >= 4 is 0 Å². The summed E-state index contributed by atoms with van der Waals surface area (Å²) in [4.78, 5) is 0. The molecule has 2 heteroatoms. The molecule has 0 aliphatic heterocycles. The Balaban J connectivity index is 2.27. The topological polar surface area (TPSA) is 0 Å². The van der Waals surface area contributed by atoms with Gasteiger partial charge in [0, 0.05) is 0 Å². The van der Waals surface area contributed by atoms with Gasteiger partial charge in [-0.05, 0) is 42.4 Å². The number of halogens is 2. The summed E-state index contributed by atoms with van der Waals surface area (Å²) in [6, 6.07) is 2.98. The molecule has 0 nitrogen and oxygen atoms in total. The van der Waals surface area contributed by atoms with E-state index in [-0.39, 0.29) is 0 Å². The highest BCUT2D eigenvalue weighted by Crippen LogP contribution is 2.30. The SMILES string of the molecule is CCCC1CCc2ccc(F)c(F)c2C1. The van der Waals surface area contributed by atoms with E-state index in [0.717, 1.165) is 31.2 Å². The van der Waals surface area contributed by atoms with Crippen LogP contribution in [0.2, 0.25) is 0 Å². The molecule has 0 saturated carbocycles. The van der Waals surface area contributed by atoms with Crippen LogP contribution in [0.25, 0.3) is 0 Å². The van der Waals surface area contributed by atoms with E-state index in [0.29, 0.717) is 17.9 Å². The summed E-state index contributed by atoms with van der Waals surface area (Å²) in [7, 11) is 0. The molecule has 2 rings (SSSR count). The van der Waals surface area contributed by atoms with Crippen molar-refractivity contribution in [2.24, 2.45) is 5.92 Å². The van der Waals surface area contributed by atoms with Gasteiger partial charge in [-0.15, -0.1) is 0 Å². The van der Waals surface area contributed by atoms with Crippen LogP contribution in [0, 0.1) is 17.6 Å². The largest absolute Gasteiger partial charge is 0.204 e. The molecule has 0 amide bonds. The first-order chi connectivity index (χ1) is 7.22. The molecule has 0 heterocycles. The van der Waals surface area contributed by atoms with E-state index in [1.165, 1.54) is 6.07 Å². The molecule has 1 aromatic carbocycles. The lowest BCUT2D eigenvalue weighted by Gasteiger charge is -2.24. The highest BCUT2D eigenvalue weighted by Gasteiger charge is 2.22. The standard InChI is InChI=1S/C13H16F2/c1-2-3-9-4-5-10-6-7-12(14)13(15)11(10)8-9/h6-7,9H,2-5,8H2,1H3. The van der Waals surface area contributed by atoms with Gasteiger partial charge >= 0.3 is 0 Å². The van der Waals surface area contributed by atoms with Gasteiger partial charge in [-0.3, -0.25) is 0 Å². The van der Waals surface area contributed by atoms with Gasteiger partial charge < -0.3 is 0 Å². The molecule has 1 aliphatic carbocycles. The molecule has 0 N–H and O–H groups in total. The quantitative estimate of drug-likeness (QED) is 0.695. The van der Waals surface area contributed by atoms with Crippen molar-refractivity contribution in [2.75, 3.05) is 0 Å². The van der Waals surface area contributed by atoms with Crippen LogP contribution in [-0.4, -0.2) is 0 Å². The van der Waals surface area contributed by atoms with E-state index in [9.17, 15) is 8.78 Å². The molecular weight excluding hydrogens is 194 g/mol. The van der Waals surface area contributed by atoms with Crippen LogP contribution in [0.15, 0.2) is 12.1 Å². The fourth-order valence-electron chi connectivity index (χ4n) is 2.49. The van der Waals surface area contributed by atoms with E-state index in [1.54, 1.807) is 6.07 Å². The van der Waals surface area contributed by atoms with Crippen molar-refractivity contribution < 1.29 is 8.78 Å². The Hall–Kier alpha value is -0.920.